The number of hydrogen-bond acceptors (Lipinski definition) is 6. The van der Waals surface area contributed by atoms with E-state index in [9.17, 15) is 24.0 Å². The monoisotopic (exact) mass is 366 g/mol. The largest absolute Gasteiger partial charge is 0.367 e. The van der Waals surface area contributed by atoms with Gasteiger partial charge in [0.15, 0.2) is 5.78 Å². The number of rotatable bonds is 7. The van der Waals surface area contributed by atoms with Gasteiger partial charge >= 0.3 is 0 Å². The Morgan fingerprint density at radius 3 is 1.38 bits per heavy atom. The summed E-state index contributed by atoms with van der Waals surface area (Å²) in [5.41, 5.74) is 0. The summed E-state index contributed by atoms with van der Waals surface area (Å²) in [5.74, 6) is -3.15. The maximum Gasteiger partial charge on any atom is 0.232 e. The number of carbonyl (C=O) groups excluding carboxylic acids is 5. The Labute approximate surface area is 152 Å². The van der Waals surface area contributed by atoms with Gasteiger partial charge in [-0.1, -0.05) is 27.7 Å². The molecule has 0 spiro atoms. The van der Waals surface area contributed by atoms with Gasteiger partial charge in [-0.3, -0.25) is 33.8 Å². The Balaban J connectivity index is 2.15. The van der Waals surface area contributed by atoms with Crippen LogP contribution in [-0.4, -0.2) is 65.0 Å². The quantitative estimate of drug-likeness (QED) is 0.599. The first-order valence-corrected chi connectivity index (χ1v) is 8.87. The number of carbonyl (C=O) groups is 5. The molecule has 144 valence electrons. The third-order valence-corrected chi connectivity index (χ3v) is 5.42. The van der Waals surface area contributed by atoms with Crippen LogP contribution >= 0.6 is 0 Å². The molecular formula is C18H26N2O6. The highest BCUT2D eigenvalue weighted by atomic mass is 16.5. The lowest BCUT2D eigenvalue weighted by molar-refractivity contribution is -0.145. The van der Waals surface area contributed by atoms with Crippen molar-refractivity contribution in [3.8, 4) is 0 Å². The lowest BCUT2D eigenvalue weighted by atomic mass is 10.00. The van der Waals surface area contributed by atoms with E-state index in [-0.39, 0.29) is 49.1 Å². The molecule has 0 saturated carbocycles. The number of Topliss-reactive ketones (excluding diaryl/α,β-unsaturated/α-hetero) is 1. The summed E-state index contributed by atoms with van der Waals surface area (Å²) < 4.78 is 5.52. The molecule has 0 aromatic carbocycles. The topological polar surface area (TPSA) is 101 Å². The molecule has 0 aromatic rings. The normalized spacial score (nSPS) is 30.5. The molecule has 2 rings (SSSR count). The van der Waals surface area contributed by atoms with Crippen molar-refractivity contribution >= 4 is 29.4 Å². The maximum absolute atomic E-state index is 12.3. The molecule has 26 heavy (non-hydrogen) atoms. The molecule has 0 aliphatic carbocycles. The standard InChI is InChI=1S/C18H26N2O6/c1-9(21)8-26-14(6-19-15(22)10(2)11(3)16(19)23)7-20-17(24)12(4)13(5)18(20)25/h10-14H,6-8H2,1-5H3. The van der Waals surface area contributed by atoms with Gasteiger partial charge in [-0.15, -0.1) is 0 Å². The SMILES string of the molecule is CC(=O)COC(CN1C(=O)C(C)C(C)C1=O)CN1C(=O)C(C)C(C)C1=O. The molecule has 8 heteroatoms. The average molecular weight is 366 g/mol. The van der Waals surface area contributed by atoms with Crippen LogP contribution in [0.1, 0.15) is 34.6 Å². The zero-order chi connectivity index (χ0) is 19.8. The van der Waals surface area contributed by atoms with Crippen LogP contribution in [0.5, 0.6) is 0 Å². The third-order valence-electron chi connectivity index (χ3n) is 5.42. The minimum Gasteiger partial charge on any atom is -0.367 e. The molecule has 2 fully saturated rings. The van der Waals surface area contributed by atoms with E-state index in [1.807, 2.05) is 0 Å². The van der Waals surface area contributed by atoms with Gasteiger partial charge in [-0.25, -0.2) is 0 Å². The van der Waals surface area contributed by atoms with Crippen LogP contribution < -0.4 is 0 Å². The van der Waals surface area contributed by atoms with Crippen LogP contribution in [0, 0.1) is 23.7 Å². The van der Waals surface area contributed by atoms with Crippen LogP contribution in [0.15, 0.2) is 0 Å². The molecule has 2 aliphatic heterocycles. The van der Waals surface area contributed by atoms with Crippen LogP contribution in [0.2, 0.25) is 0 Å². The second kappa shape index (κ2) is 7.65. The highest BCUT2D eigenvalue weighted by molar-refractivity contribution is 6.05. The van der Waals surface area contributed by atoms with Gasteiger partial charge in [0.1, 0.15) is 6.61 Å². The fourth-order valence-electron chi connectivity index (χ4n) is 3.22. The van der Waals surface area contributed by atoms with Crippen molar-refractivity contribution in [3.05, 3.63) is 0 Å². The summed E-state index contributed by atoms with van der Waals surface area (Å²) in [6, 6.07) is 0. The van der Waals surface area contributed by atoms with Crippen molar-refractivity contribution in [3.63, 3.8) is 0 Å². The number of hydrogen-bond donors (Lipinski definition) is 0. The maximum atomic E-state index is 12.3. The van der Waals surface area contributed by atoms with Crippen molar-refractivity contribution in [2.24, 2.45) is 23.7 Å². The summed E-state index contributed by atoms with van der Waals surface area (Å²) in [4.78, 5) is 62.7. The second-order valence-electron chi connectivity index (χ2n) is 7.36. The predicted octanol–water partition coefficient (Wildman–Crippen LogP) is 0.243. The molecule has 4 amide bonds. The van der Waals surface area contributed by atoms with E-state index in [0.29, 0.717) is 0 Å². The van der Waals surface area contributed by atoms with E-state index in [0.717, 1.165) is 9.80 Å². The molecule has 2 saturated heterocycles. The van der Waals surface area contributed by atoms with Gasteiger partial charge in [-0.2, -0.15) is 0 Å². The molecule has 0 radical (unpaired) electrons. The zero-order valence-electron chi connectivity index (χ0n) is 15.9. The van der Waals surface area contributed by atoms with Gasteiger partial charge in [0.05, 0.1) is 19.2 Å². The summed E-state index contributed by atoms with van der Waals surface area (Å²) in [6.07, 6.45) is -0.797. The van der Waals surface area contributed by atoms with Gasteiger partial charge in [0.2, 0.25) is 23.6 Å². The Bertz CT molecular complexity index is 560. The number of amides is 4. The van der Waals surface area contributed by atoms with Crippen molar-refractivity contribution in [1.29, 1.82) is 0 Å². The summed E-state index contributed by atoms with van der Waals surface area (Å²) >= 11 is 0. The first-order valence-electron chi connectivity index (χ1n) is 8.87. The molecule has 8 nitrogen and oxygen atoms in total. The van der Waals surface area contributed by atoms with E-state index in [4.69, 9.17) is 4.74 Å². The van der Waals surface area contributed by atoms with Gasteiger partial charge in [-0.05, 0) is 6.92 Å². The third kappa shape index (κ3) is 3.70. The van der Waals surface area contributed by atoms with E-state index in [1.165, 1.54) is 6.92 Å². The summed E-state index contributed by atoms with van der Waals surface area (Å²) in [5, 5.41) is 0. The number of likely N-dealkylation sites (tertiary alicyclic amines) is 2. The van der Waals surface area contributed by atoms with E-state index in [2.05, 4.69) is 0 Å². The van der Waals surface area contributed by atoms with E-state index >= 15 is 0 Å². The molecular weight excluding hydrogens is 340 g/mol. The molecule has 0 aromatic heterocycles. The number of nitrogens with zero attached hydrogens (tertiary/aromatic N) is 2. The lowest BCUT2D eigenvalue weighted by Gasteiger charge is -2.26. The highest BCUT2D eigenvalue weighted by Crippen LogP contribution is 2.28. The van der Waals surface area contributed by atoms with Gasteiger partial charge in [0.25, 0.3) is 0 Å². The lowest BCUT2D eigenvalue weighted by Crippen LogP contribution is -2.46. The van der Waals surface area contributed by atoms with Gasteiger partial charge in [0, 0.05) is 23.7 Å². The van der Waals surface area contributed by atoms with Crippen molar-refractivity contribution in [2.75, 3.05) is 19.7 Å². The first kappa shape index (κ1) is 20.2. The summed E-state index contributed by atoms with van der Waals surface area (Å²) in [6.45, 7) is 7.72. The molecule has 2 heterocycles. The predicted molar refractivity (Wildman–Crippen MR) is 90.5 cm³/mol. The molecule has 0 N–H and O–H groups in total. The van der Waals surface area contributed by atoms with Crippen molar-refractivity contribution in [1.82, 2.24) is 9.80 Å². The number of ether oxygens (including phenoxy) is 1. The minimum atomic E-state index is -0.797. The van der Waals surface area contributed by atoms with Crippen molar-refractivity contribution in [2.45, 2.75) is 40.7 Å². The molecule has 4 atom stereocenters. The fraction of sp³-hybridized carbons (Fsp3) is 0.722. The number of imide groups is 2. The van der Waals surface area contributed by atoms with Crippen LogP contribution in [0.3, 0.4) is 0 Å². The Morgan fingerprint density at radius 1 is 0.808 bits per heavy atom. The van der Waals surface area contributed by atoms with Gasteiger partial charge < -0.3 is 4.74 Å². The fourth-order valence-corrected chi connectivity index (χ4v) is 3.22. The van der Waals surface area contributed by atoms with Crippen LogP contribution in [0.4, 0.5) is 0 Å². The van der Waals surface area contributed by atoms with E-state index in [1.54, 1.807) is 27.7 Å². The Kier molecular flexibility index (Phi) is 5.95. The van der Waals surface area contributed by atoms with E-state index < -0.39 is 29.8 Å². The Hall–Kier alpha value is -2.09. The smallest absolute Gasteiger partial charge is 0.232 e. The van der Waals surface area contributed by atoms with Crippen molar-refractivity contribution < 1.29 is 28.7 Å². The minimum absolute atomic E-state index is 0.0839. The van der Waals surface area contributed by atoms with Crippen LogP contribution in [0.25, 0.3) is 0 Å². The average Bonchev–Trinajstić information content (AvgIpc) is 2.89. The highest BCUT2D eigenvalue weighted by Gasteiger charge is 2.46. The second-order valence-corrected chi connectivity index (χ2v) is 7.36. The summed E-state index contributed by atoms with van der Waals surface area (Å²) in [7, 11) is 0. The molecule has 4 unspecified atom stereocenters. The zero-order valence-corrected chi connectivity index (χ0v) is 15.9. The molecule has 2 aliphatic rings. The Morgan fingerprint density at radius 2 is 1.12 bits per heavy atom. The van der Waals surface area contributed by atoms with Crippen LogP contribution in [-0.2, 0) is 28.7 Å². The number of ketones is 1. The first-order chi connectivity index (χ1) is 12.1. The molecule has 0 bridgehead atoms.